The number of nitrogens with zero attached hydrogens (tertiary/aromatic N) is 1. The van der Waals surface area contributed by atoms with Gasteiger partial charge >= 0.3 is 0 Å². The van der Waals surface area contributed by atoms with Gasteiger partial charge in [0.15, 0.2) is 0 Å². The maximum Gasteiger partial charge on any atom is 0.119 e. The highest BCUT2D eigenvalue weighted by atomic mass is 16.5. The first-order chi connectivity index (χ1) is 8.81. The van der Waals surface area contributed by atoms with Gasteiger partial charge in [-0.3, -0.25) is 0 Å². The molecule has 0 aliphatic heterocycles. The molecule has 0 bridgehead atoms. The van der Waals surface area contributed by atoms with E-state index in [-0.39, 0.29) is 11.6 Å². The van der Waals surface area contributed by atoms with Gasteiger partial charge in [-0.2, -0.15) is 0 Å². The van der Waals surface area contributed by atoms with Crippen molar-refractivity contribution >= 4 is 0 Å². The summed E-state index contributed by atoms with van der Waals surface area (Å²) in [6, 6.07) is 8.31. The second-order valence-corrected chi connectivity index (χ2v) is 6.12. The largest absolute Gasteiger partial charge is 0.491 e. The zero-order valence-electron chi connectivity index (χ0n) is 13.2. The molecule has 108 valence electrons. The first-order valence-electron chi connectivity index (χ1n) is 6.95. The molecule has 1 rings (SSSR count). The second kappa shape index (κ2) is 6.92. The van der Waals surface area contributed by atoms with Gasteiger partial charge < -0.3 is 15.0 Å². The van der Waals surface area contributed by atoms with Crippen LogP contribution in [0.2, 0.25) is 0 Å². The van der Waals surface area contributed by atoms with E-state index in [4.69, 9.17) is 4.74 Å². The Morgan fingerprint density at radius 1 is 1.16 bits per heavy atom. The van der Waals surface area contributed by atoms with Gasteiger partial charge in [0.25, 0.3) is 0 Å². The minimum atomic E-state index is 0.167. The van der Waals surface area contributed by atoms with E-state index in [2.05, 4.69) is 50.3 Å². The van der Waals surface area contributed by atoms with Gasteiger partial charge in [0.05, 0.1) is 6.10 Å². The fraction of sp³-hybridized carbons (Fsp3) is 0.625. The molecule has 1 aromatic rings. The molecule has 0 aromatic heterocycles. The molecule has 0 aliphatic rings. The van der Waals surface area contributed by atoms with Crippen LogP contribution in [0.4, 0.5) is 0 Å². The number of hydrogen-bond donors (Lipinski definition) is 1. The average molecular weight is 264 g/mol. The molecule has 3 nitrogen and oxygen atoms in total. The number of benzene rings is 1. The summed E-state index contributed by atoms with van der Waals surface area (Å²) in [6.07, 6.45) is 0.227. The Kier molecular flexibility index (Phi) is 5.83. The van der Waals surface area contributed by atoms with Gasteiger partial charge in [-0.25, -0.2) is 0 Å². The molecule has 1 N–H and O–H groups in total. The molecule has 0 aliphatic carbocycles. The molecule has 0 radical (unpaired) electrons. The van der Waals surface area contributed by atoms with E-state index >= 15 is 0 Å². The van der Waals surface area contributed by atoms with Crippen LogP contribution in [-0.4, -0.2) is 37.2 Å². The lowest BCUT2D eigenvalue weighted by molar-refractivity contribution is 0.189. The second-order valence-electron chi connectivity index (χ2n) is 6.12. The maximum absolute atomic E-state index is 5.63. The standard InChI is InChI=1S/C16H28N2O/c1-13(2)19-15-9-7-14(8-10-15)11-17-12-16(3,4)18(5)6/h7-10,13,17H,11-12H2,1-6H3. The highest BCUT2D eigenvalue weighted by molar-refractivity contribution is 5.27. The van der Waals surface area contributed by atoms with Gasteiger partial charge in [0.1, 0.15) is 5.75 Å². The molecule has 0 fully saturated rings. The third-order valence-corrected chi connectivity index (χ3v) is 3.39. The highest BCUT2D eigenvalue weighted by Crippen LogP contribution is 2.14. The topological polar surface area (TPSA) is 24.5 Å². The molecule has 3 heteroatoms. The zero-order valence-corrected chi connectivity index (χ0v) is 13.2. The summed E-state index contributed by atoms with van der Waals surface area (Å²) < 4.78 is 5.63. The third-order valence-electron chi connectivity index (χ3n) is 3.39. The summed E-state index contributed by atoms with van der Waals surface area (Å²) in [5.41, 5.74) is 1.45. The van der Waals surface area contributed by atoms with Gasteiger partial charge in [0.2, 0.25) is 0 Å². The van der Waals surface area contributed by atoms with Crippen LogP contribution in [0.5, 0.6) is 5.75 Å². The number of nitrogens with one attached hydrogen (secondary N) is 1. The van der Waals surface area contributed by atoms with E-state index in [1.807, 2.05) is 26.0 Å². The van der Waals surface area contributed by atoms with E-state index in [0.29, 0.717) is 0 Å². The molecule has 0 amide bonds. The predicted molar refractivity (Wildman–Crippen MR) is 81.7 cm³/mol. The van der Waals surface area contributed by atoms with Crippen LogP contribution in [0.1, 0.15) is 33.3 Å². The lowest BCUT2D eigenvalue weighted by Gasteiger charge is -2.32. The molecule has 0 heterocycles. The fourth-order valence-corrected chi connectivity index (χ4v) is 1.63. The van der Waals surface area contributed by atoms with Crippen LogP contribution in [-0.2, 0) is 6.54 Å². The molecule has 19 heavy (non-hydrogen) atoms. The number of rotatable bonds is 7. The Morgan fingerprint density at radius 3 is 2.21 bits per heavy atom. The molecule has 1 aromatic carbocycles. The number of ether oxygens (including phenoxy) is 1. The summed E-state index contributed by atoms with van der Waals surface area (Å²) in [7, 11) is 4.22. The minimum absolute atomic E-state index is 0.167. The van der Waals surface area contributed by atoms with Crippen molar-refractivity contribution in [3.63, 3.8) is 0 Å². The summed E-state index contributed by atoms with van der Waals surface area (Å²) in [5, 5.41) is 3.50. The lowest BCUT2D eigenvalue weighted by atomic mass is 10.0. The van der Waals surface area contributed by atoms with Crippen LogP contribution < -0.4 is 10.1 Å². The van der Waals surface area contributed by atoms with Gasteiger partial charge in [0, 0.05) is 18.6 Å². The Hall–Kier alpha value is -1.06. The van der Waals surface area contributed by atoms with E-state index in [0.717, 1.165) is 18.8 Å². The van der Waals surface area contributed by atoms with Crippen molar-refractivity contribution in [1.29, 1.82) is 0 Å². The number of likely N-dealkylation sites (N-methyl/N-ethyl adjacent to an activating group) is 1. The maximum atomic E-state index is 5.63. The molecule has 0 saturated carbocycles. The van der Waals surface area contributed by atoms with Gasteiger partial charge in [-0.15, -0.1) is 0 Å². The quantitative estimate of drug-likeness (QED) is 0.819. The fourth-order valence-electron chi connectivity index (χ4n) is 1.63. The Balaban J connectivity index is 2.42. The van der Waals surface area contributed by atoms with Crippen LogP contribution >= 0.6 is 0 Å². The molecular weight excluding hydrogens is 236 g/mol. The van der Waals surface area contributed by atoms with Crippen molar-refractivity contribution < 1.29 is 4.74 Å². The summed E-state index contributed by atoms with van der Waals surface area (Å²) >= 11 is 0. The minimum Gasteiger partial charge on any atom is -0.491 e. The van der Waals surface area contributed by atoms with Crippen LogP contribution in [0.15, 0.2) is 24.3 Å². The predicted octanol–water partition coefficient (Wildman–Crippen LogP) is 2.90. The first-order valence-corrected chi connectivity index (χ1v) is 6.95. The third kappa shape index (κ3) is 5.62. The summed E-state index contributed by atoms with van der Waals surface area (Å²) in [4.78, 5) is 2.24. The SMILES string of the molecule is CC(C)Oc1ccc(CNCC(C)(C)N(C)C)cc1. The normalized spacial score (nSPS) is 12.2. The Bertz CT molecular complexity index is 369. The van der Waals surface area contributed by atoms with Crippen molar-refractivity contribution in [3.8, 4) is 5.75 Å². The Morgan fingerprint density at radius 2 is 1.74 bits per heavy atom. The van der Waals surface area contributed by atoms with Crippen molar-refractivity contribution in [2.45, 2.75) is 45.9 Å². The van der Waals surface area contributed by atoms with E-state index in [1.54, 1.807) is 0 Å². The highest BCUT2D eigenvalue weighted by Gasteiger charge is 2.19. The van der Waals surface area contributed by atoms with Crippen LogP contribution in [0.3, 0.4) is 0 Å². The molecule has 0 unspecified atom stereocenters. The lowest BCUT2D eigenvalue weighted by Crippen LogP contribution is -2.46. The van der Waals surface area contributed by atoms with Crippen molar-refractivity contribution in [3.05, 3.63) is 29.8 Å². The number of hydrogen-bond acceptors (Lipinski definition) is 3. The molecular formula is C16H28N2O. The van der Waals surface area contributed by atoms with E-state index in [9.17, 15) is 0 Å². The Labute approximate surface area is 118 Å². The monoisotopic (exact) mass is 264 g/mol. The van der Waals surface area contributed by atoms with Crippen molar-refractivity contribution in [1.82, 2.24) is 10.2 Å². The molecule has 0 saturated heterocycles. The van der Waals surface area contributed by atoms with Crippen molar-refractivity contribution in [2.24, 2.45) is 0 Å². The average Bonchev–Trinajstić information content (AvgIpc) is 2.30. The van der Waals surface area contributed by atoms with Crippen LogP contribution in [0.25, 0.3) is 0 Å². The van der Waals surface area contributed by atoms with Gasteiger partial charge in [-0.05, 0) is 59.5 Å². The van der Waals surface area contributed by atoms with Crippen molar-refractivity contribution in [2.75, 3.05) is 20.6 Å². The zero-order chi connectivity index (χ0) is 14.5. The van der Waals surface area contributed by atoms with E-state index in [1.165, 1.54) is 5.56 Å². The summed E-state index contributed by atoms with van der Waals surface area (Å²) in [6.45, 7) is 10.4. The smallest absolute Gasteiger partial charge is 0.119 e. The first kappa shape index (κ1) is 16.0. The van der Waals surface area contributed by atoms with Gasteiger partial charge in [-0.1, -0.05) is 12.1 Å². The van der Waals surface area contributed by atoms with Crippen LogP contribution in [0, 0.1) is 0 Å². The molecule has 0 atom stereocenters. The summed E-state index contributed by atoms with van der Waals surface area (Å²) in [5.74, 6) is 0.937. The van der Waals surface area contributed by atoms with E-state index < -0.39 is 0 Å². The molecule has 0 spiro atoms.